The molecular weight excluding hydrogens is 338 g/mol. The zero-order valence-electron chi connectivity index (χ0n) is 16.4. The number of aryl methyl sites for hydroxylation is 2. The molecule has 1 atom stereocenters. The van der Waals surface area contributed by atoms with Crippen molar-refractivity contribution in [3.63, 3.8) is 0 Å². The molecule has 1 saturated heterocycles. The summed E-state index contributed by atoms with van der Waals surface area (Å²) >= 11 is 0. The number of amides is 1. The van der Waals surface area contributed by atoms with Crippen LogP contribution in [0.25, 0.3) is 0 Å². The van der Waals surface area contributed by atoms with Crippen molar-refractivity contribution in [1.82, 2.24) is 14.7 Å². The van der Waals surface area contributed by atoms with Crippen molar-refractivity contribution in [1.29, 1.82) is 0 Å². The first-order valence-corrected chi connectivity index (χ1v) is 10.1. The van der Waals surface area contributed by atoms with Gasteiger partial charge in [-0.3, -0.25) is 9.48 Å². The molecule has 2 heterocycles. The lowest BCUT2D eigenvalue weighted by atomic mass is 9.95. The molecule has 1 amide bonds. The monoisotopic (exact) mass is 367 g/mol. The van der Waals surface area contributed by atoms with Crippen molar-refractivity contribution in [2.24, 2.45) is 7.05 Å². The minimum Gasteiger partial charge on any atom is -0.376 e. The molecule has 1 unspecified atom stereocenters. The first-order valence-electron chi connectivity index (χ1n) is 10.1. The van der Waals surface area contributed by atoms with Gasteiger partial charge in [0.25, 0.3) is 5.91 Å². The van der Waals surface area contributed by atoms with E-state index < -0.39 is 0 Å². The maximum absolute atomic E-state index is 13.5. The lowest BCUT2D eigenvalue weighted by Crippen LogP contribution is -2.37. The van der Waals surface area contributed by atoms with Crippen LogP contribution in [0.5, 0.6) is 0 Å². The maximum atomic E-state index is 13.5. The molecular formula is C22H29N3O2. The largest absolute Gasteiger partial charge is 0.376 e. The van der Waals surface area contributed by atoms with Gasteiger partial charge in [0.1, 0.15) is 0 Å². The molecule has 1 aliphatic carbocycles. The fourth-order valence-electron chi connectivity index (χ4n) is 4.34. The Bertz CT molecular complexity index is 821. The Morgan fingerprint density at radius 2 is 2.07 bits per heavy atom. The van der Waals surface area contributed by atoms with Gasteiger partial charge in [0.2, 0.25) is 0 Å². The van der Waals surface area contributed by atoms with Gasteiger partial charge < -0.3 is 9.64 Å². The Morgan fingerprint density at radius 3 is 2.85 bits per heavy atom. The van der Waals surface area contributed by atoms with E-state index in [1.165, 1.54) is 23.2 Å². The van der Waals surface area contributed by atoms with Crippen LogP contribution in [0.4, 0.5) is 0 Å². The van der Waals surface area contributed by atoms with Gasteiger partial charge in [-0.1, -0.05) is 24.3 Å². The van der Waals surface area contributed by atoms with E-state index in [0.717, 1.165) is 44.3 Å². The van der Waals surface area contributed by atoms with E-state index in [4.69, 9.17) is 4.74 Å². The highest BCUT2D eigenvalue weighted by atomic mass is 16.5. The third-order valence-corrected chi connectivity index (χ3v) is 5.93. The molecule has 0 saturated carbocycles. The zero-order chi connectivity index (χ0) is 18.8. The highest BCUT2D eigenvalue weighted by molar-refractivity contribution is 5.94. The van der Waals surface area contributed by atoms with Crippen LogP contribution in [0.2, 0.25) is 0 Å². The fraction of sp³-hybridized carbons (Fsp3) is 0.545. The summed E-state index contributed by atoms with van der Waals surface area (Å²) in [5.74, 6) is 0.0486. The maximum Gasteiger partial charge on any atom is 0.275 e. The molecule has 27 heavy (non-hydrogen) atoms. The van der Waals surface area contributed by atoms with E-state index in [2.05, 4.69) is 24.2 Å². The number of carbonyl (C=O) groups excluding carboxylic acids is 1. The molecule has 2 aromatic rings. The van der Waals surface area contributed by atoms with Crippen molar-refractivity contribution < 1.29 is 9.53 Å². The van der Waals surface area contributed by atoms with Gasteiger partial charge in [0, 0.05) is 38.0 Å². The number of nitrogens with zero attached hydrogens (tertiary/aromatic N) is 3. The summed E-state index contributed by atoms with van der Waals surface area (Å²) in [5, 5.41) is 4.64. The number of benzene rings is 1. The highest BCUT2D eigenvalue weighted by Crippen LogP contribution is 2.26. The highest BCUT2D eigenvalue weighted by Gasteiger charge is 2.29. The van der Waals surface area contributed by atoms with Gasteiger partial charge >= 0.3 is 0 Å². The molecule has 5 heteroatoms. The smallest absolute Gasteiger partial charge is 0.275 e. The van der Waals surface area contributed by atoms with Crippen LogP contribution in [0.3, 0.4) is 0 Å². The van der Waals surface area contributed by atoms with Crippen LogP contribution >= 0.6 is 0 Å². The molecule has 0 spiro atoms. The Morgan fingerprint density at radius 1 is 1.26 bits per heavy atom. The molecule has 1 aliphatic heterocycles. The summed E-state index contributed by atoms with van der Waals surface area (Å²) in [6, 6.07) is 8.30. The van der Waals surface area contributed by atoms with Crippen LogP contribution in [0.15, 0.2) is 24.3 Å². The Hall–Kier alpha value is -2.14. The summed E-state index contributed by atoms with van der Waals surface area (Å²) in [5.41, 5.74) is 5.45. The van der Waals surface area contributed by atoms with Crippen molar-refractivity contribution in [3.05, 3.63) is 52.3 Å². The van der Waals surface area contributed by atoms with Crippen molar-refractivity contribution in [2.45, 2.75) is 58.1 Å². The molecule has 4 rings (SSSR count). The summed E-state index contributed by atoms with van der Waals surface area (Å²) in [6.45, 7) is 4.15. The van der Waals surface area contributed by atoms with Crippen LogP contribution < -0.4 is 0 Å². The first kappa shape index (κ1) is 18.2. The van der Waals surface area contributed by atoms with Gasteiger partial charge in [-0.25, -0.2) is 0 Å². The lowest BCUT2D eigenvalue weighted by molar-refractivity contribution is 0.0501. The third kappa shape index (κ3) is 3.79. The standard InChI is InChI=1S/C22H29N3O2/c1-16-8-3-4-9-17(16)14-25(15-18-10-7-13-27-18)22(26)21-19-11-5-6-12-20(19)24(2)23-21/h3-4,8-9,18H,5-7,10-15H2,1-2H3. The molecule has 1 aromatic carbocycles. The molecule has 2 aliphatic rings. The number of carbonyl (C=O) groups is 1. The van der Waals surface area contributed by atoms with Crippen LogP contribution in [-0.2, 0) is 31.2 Å². The Labute approximate surface area is 161 Å². The van der Waals surface area contributed by atoms with E-state index in [1.54, 1.807) is 0 Å². The van der Waals surface area contributed by atoms with E-state index in [0.29, 0.717) is 18.8 Å². The Balaban J connectivity index is 1.63. The van der Waals surface area contributed by atoms with Gasteiger partial charge in [-0.15, -0.1) is 0 Å². The van der Waals surface area contributed by atoms with E-state index in [9.17, 15) is 4.79 Å². The lowest BCUT2D eigenvalue weighted by Gasteiger charge is -2.26. The van der Waals surface area contributed by atoms with Gasteiger partial charge in [0.15, 0.2) is 5.69 Å². The number of fused-ring (bicyclic) bond motifs is 1. The summed E-state index contributed by atoms with van der Waals surface area (Å²) in [4.78, 5) is 15.5. The number of ether oxygens (including phenoxy) is 1. The number of rotatable bonds is 5. The van der Waals surface area contributed by atoms with E-state index in [1.807, 2.05) is 28.8 Å². The second-order valence-corrected chi connectivity index (χ2v) is 7.85. The molecule has 1 aromatic heterocycles. The quantitative estimate of drug-likeness (QED) is 0.813. The van der Waals surface area contributed by atoms with Gasteiger partial charge in [0.05, 0.1) is 6.10 Å². The third-order valence-electron chi connectivity index (χ3n) is 5.93. The summed E-state index contributed by atoms with van der Waals surface area (Å²) in [6.07, 6.45) is 6.55. The first-order chi connectivity index (χ1) is 13.1. The molecule has 0 N–H and O–H groups in total. The SMILES string of the molecule is Cc1ccccc1CN(CC1CCCO1)C(=O)c1nn(C)c2c1CCCC2. The van der Waals surface area contributed by atoms with Crippen LogP contribution in [0.1, 0.15) is 58.6 Å². The fourth-order valence-corrected chi connectivity index (χ4v) is 4.34. The van der Waals surface area contributed by atoms with Gasteiger partial charge in [-0.05, 0) is 56.6 Å². The Kier molecular flexibility index (Phi) is 5.30. The van der Waals surface area contributed by atoms with Gasteiger partial charge in [-0.2, -0.15) is 5.10 Å². The zero-order valence-corrected chi connectivity index (χ0v) is 16.4. The normalized spacial score (nSPS) is 19.1. The average molecular weight is 367 g/mol. The second-order valence-electron chi connectivity index (χ2n) is 7.85. The molecule has 144 valence electrons. The minimum atomic E-state index is 0.0486. The van der Waals surface area contributed by atoms with Crippen LogP contribution in [0, 0.1) is 6.92 Å². The van der Waals surface area contributed by atoms with Crippen molar-refractivity contribution >= 4 is 5.91 Å². The molecule has 5 nitrogen and oxygen atoms in total. The van der Waals surface area contributed by atoms with Crippen molar-refractivity contribution in [2.75, 3.05) is 13.2 Å². The average Bonchev–Trinajstić information content (AvgIpc) is 3.31. The van der Waals surface area contributed by atoms with E-state index >= 15 is 0 Å². The number of hydrogen-bond acceptors (Lipinski definition) is 3. The number of aromatic nitrogens is 2. The predicted molar refractivity (Wildman–Crippen MR) is 105 cm³/mol. The topological polar surface area (TPSA) is 47.4 Å². The van der Waals surface area contributed by atoms with Crippen molar-refractivity contribution in [3.8, 4) is 0 Å². The summed E-state index contributed by atoms with van der Waals surface area (Å²) < 4.78 is 7.75. The second kappa shape index (κ2) is 7.85. The molecule has 0 radical (unpaired) electrons. The minimum absolute atomic E-state index is 0.0486. The summed E-state index contributed by atoms with van der Waals surface area (Å²) in [7, 11) is 1.96. The molecule has 0 bridgehead atoms. The predicted octanol–water partition coefficient (Wildman–Crippen LogP) is 3.43. The van der Waals surface area contributed by atoms with E-state index in [-0.39, 0.29) is 12.0 Å². The van der Waals surface area contributed by atoms with Crippen LogP contribution in [-0.4, -0.2) is 39.8 Å². The molecule has 1 fully saturated rings. The number of hydrogen-bond donors (Lipinski definition) is 0.